The zero-order valence-electron chi connectivity index (χ0n) is 11.6. The van der Waals surface area contributed by atoms with Gasteiger partial charge in [-0.2, -0.15) is 0 Å². The molecule has 0 spiro atoms. The maximum atomic E-state index is 12.2. The maximum Gasteiger partial charge on any atom is 0.305 e. The predicted molar refractivity (Wildman–Crippen MR) is 71.5 cm³/mol. The maximum absolute atomic E-state index is 12.2. The fraction of sp³-hybridized carbons (Fsp3) is 0.429. The number of nitrogens with zero attached hydrogens (tertiary/aromatic N) is 1. The minimum absolute atomic E-state index is 0.0720. The van der Waals surface area contributed by atoms with E-state index in [1.807, 2.05) is 6.92 Å². The minimum atomic E-state index is -0.918. The normalized spacial score (nSPS) is 11.8. The van der Waals surface area contributed by atoms with Crippen LogP contribution in [0.5, 0.6) is 5.75 Å². The van der Waals surface area contributed by atoms with Crippen LogP contribution in [0.2, 0.25) is 0 Å². The standard InChI is InChI=1S/C14H19NO4/c1-9-7-11(5-6-12(9)19-4)14(18)15(3)10(2)8-13(16)17/h5-7,10H,8H2,1-4H3,(H,16,17). The topological polar surface area (TPSA) is 66.8 Å². The first-order chi connectivity index (χ1) is 8.86. The van der Waals surface area contributed by atoms with Crippen LogP contribution in [0.25, 0.3) is 0 Å². The first-order valence-corrected chi connectivity index (χ1v) is 6.00. The van der Waals surface area contributed by atoms with Crippen LogP contribution >= 0.6 is 0 Å². The Morgan fingerprint density at radius 3 is 2.53 bits per heavy atom. The Morgan fingerprint density at radius 2 is 2.05 bits per heavy atom. The molecule has 0 aliphatic carbocycles. The fourth-order valence-corrected chi connectivity index (χ4v) is 1.80. The van der Waals surface area contributed by atoms with Crippen LogP contribution in [0.3, 0.4) is 0 Å². The van der Waals surface area contributed by atoms with Crippen molar-refractivity contribution in [3.05, 3.63) is 29.3 Å². The van der Waals surface area contributed by atoms with Crippen molar-refractivity contribution in [2.75, 3.05) is 14.2 Å². The van der Waals surface area contributed by atoms with Crippen molar-refractivity contribution in [1.82, 2.24) is 4.90 Å². The van der Waals surface area contributed by atoms with Gasteiger partial charge in [-0.3, -0.25) is 9.59 Å². The lowest BCUT2D eigenvalue weighted by atomic mass is 10.1. The SMILES string of the molecule is COc1ccc(C(=O)N(C)C(C)CC(=O)O)cc1C. The zero-order chi connectivity index (χ0) is 14.6. The van der Waals surface area contributed by atoms with E-state index in [0.29, 0.717) is 5.56 Å². The number of aryl methyl sites for hydroxylation is 1. The van der Waals surface area contributed by atoms with Gasteiger partial charge in [0, 0.05) is 18.7 Å². The third kappa shape index (κ3) is 3.71. The molecule has 0 heterocycles. The van der Waals surface area contributed by atoms with Gasteiger partial charge in [-0.1, -0.05) is 0 Å². The Hall–Kier alpha value is -2.04. The van der Waals surface area contributed by atoms with E-state index in [0.717, 1.165) is 11.3 Å². The summed E-state index contributed by atoms with van der Waals surface area (Å²) in [6, 6.07) is 4.80. The molecular weight excluding hydrogens is 246 g/mol. The number of rotatable bonds is 5. The van der Waals surface area contributed by atoms with Crippen molar-refractivity contribution in [3.63, 3.8) is 0 Å². The highest BCUT2D eigenvalue weighted by molar-refractivity contribution is 5.94. The molecule has 0 aliphatic heterocycles. The monoisotopic (exact) mass is 265 g/mol. The molecular formula is C14H19NO4. The van der Waals surface area contributed by atoms with Gasteiger partial charge < -0.3 is 14.7 Å². The molecule has 0 saturated carbocycles. The number of methoxy groups -OCH3 is 1. The van der Waals surface area contributed by atoms with Crippen LogP contribution < -0.4 is 4.74 Å². The lowest BCUT2D eigenvalue weighted by Gasteiger charge is -2.24. The van der Waals surface area contributed by atoms with Crippen molar-refractivity contribution in [1.29, 1.82) is 0 Å². The molecule has 19 heavy (non-hydrogen) atoms. The van der Waals surface area contributed by atoms with E-state index in [-0.39, 0.29) is 18.4 Å². The molecule has 0 aliphatic rings. The van der Waals surface area contributed by atoms with Gasteiger partial charge in [0.2, 0.25) is 0 Å². The Bertz CT molecular complexity index is 484. The van der Waals surface area contributed by atoms with Crippen LogP contribution in [0.15, 0.2) is 18.2 Å². The molecule has 1 atom stereocenters. The van der Waals surface area contributed by atoms with Gasteiger partial charge in [0.15, 0.2) is 0 Å². The van der Waals surface area contributed by atoms with E-state index in [9.17, 15) is 9.59 Å². The molecule has 1 rings (SSSR count). The number of hydrogen-bond donors (Lipinski definition) is 1. The highest BCUT2D eigenvalue weighted by atomic mass is 16.5. The summed E-state index contributed by atoms with van der Waals surface area (Å²) in [5.41, 5.74) is 1.39. The molecule has 1 N–H and O–H groups in total. The Labute approximate surface area is 112 Å². The van der Waals surface area contributed by atoms with Crippen LogP contribution in [0.1, 0.15) is 29.3 Å². The predicted octanol–water partition coefficient (Wildman–Crippen LogP) is 1.94. The molecule has 0 fully saturated rings. The number of amides is 1. The molecule has 1 aromatic rings. The van der Waals surface area contributed by atoms with Gasteiger partial charge in [-0.25, -0.2) is 0 Å². The van der Waals surface area contributed by atoms with E-state index >= 15 is 0 Å². The number of benzene rings is 1. The summed E-state index contributed by atoms with van der Waals surface area (Å²) in [6.45, 7) is 3.57. The summed E-state index contributed by atoms with van der Waals surface area (Å²) in [6.07, 6.45) is -0.0720. The largest absolute Gasteiger partial charge is 0.496 e. The first kappa shape index (κ1) is 15.0. The summed E-state index contributed by atoms with van der Waals surface area (Å²) in [5.74, 6) is -0.393. The second kappa shape index (κ2) is 6.22. The van der Waals surface area contributed by atoms with E-state index in [2.05, 4.69) is 0 Å². The third-order valence-corrected chi connectivity index (χ3v) is 3.09. The van der Waals surface area contributed by atoms with Crippen molar-refractivity contribution >= 4 is 11.9 Å². The lowest BCUT2D eigenvalue weighted by molar-refractivity contribution is -0.137. The van der Waals surface area contributed by atoms with E-state index in [1.54, 1.807) is 39.3 Å². The van der Waals surface area contributed by atoms with Gasteiger partial charge in [0.25, 0.3) is 5.91 Å². The second-order valence-electron chi connectivity index (χ2n) is 4.55. The number of hydrogen-bond acceptors (Lipinski definition) is 3. The Kier molecular flexibility index (Phi) is 4.92. The number of aliphatic carboxylic acids is 1. The summed E-state index contributed by atoms with van der Waals surface area (Å²) in [5, 5.41) is 8.74. The summed E-state index contributed by atoms with van der Waals surface area (Å²) < 4.78 is 5.14. The molecule has 0 aromatic heterocycles. The quantitative estimate of drug-likeness (QED) is 0.883. The molecule has 104 valence electrons. The first-order valence-electron chi connectivity index (χ1n) is 6.00. The van der Waals surface area contributed by atoms with Gasteiger partial charge in [0.1, 0.15) is 5.75 Å². The van der Waals surface area contributed by atoms with Crippen molar-refractivity contribution in [2.24, 2.45) is 0 Å². The summed E-state index contributed by atoms with van der Waals surface area (Å²) in [7, 11) is 3.18. The molecule has 0 saturated heterocycles. The Balaban J connectivity index is 2.88. The van der Waals surface area contributed by atoms with Crippen molar-refractivity contribution in [2.45, 2.75) is 26.3 Å². The molecule has 1 amide bonds. The molecule has 1 aromatic carbocycles. The molecule has 0 radical (unpaired) electrons. The van der Waals surface area contributed by atoms with Crippen LogP contribution in [0.4, 0.5) is 0 Å². The molecule has 5 heteroatoms. The second-order valence-corrected chi connectivity index (χ2v) is 4.55. The fourth-order valence-electron chi connectivity index (χ4n) is 1.80. The summed E-state index contributed by atoms with van der Waals surface area (Å²) in [4.78, 5) is 24.3. The van der Waals surface area contributed by atoms with Crippen molar-refractivity contribution < 1.29 is 19.4 Å². The highest BCUT2D eigenvalue weighted by Gasteiger charge is 2.20. The van der Waals surface area contributed by atoms with Gasteiger partial charge in [-0.15, -0.1) is 0 Å². The summed E-state index contributed by atoms with van der Waals surface area (Å²) >= 11 is 0. The Morgan fingerprint density at radius 1 is 1.42 bits per heavy atom. The van der Waals surface area contributed by atoms with E-state index in [1.165, 1.54) is 4.90 Å². The molecule has 1 unspecified atom stereocenters. The van der Waals surface area contributed by atoms with E-state index < -0.39 is 5.97 Å². The number of carbonyl (C=O) groups excluding carboxylic acids is 1. The van der Waals surface area contributed by atoms with Gasteiger partial charge >= 0.3 is 5.97 Å². The molecule has 0 bridgehead atoms. The average Bonchev–Trinajstić information content (AvgIpc) is 2.36. The number of carboxylic acid groups (broad SMARTS) is 1. The van der Waals surface area contributed by atoms with Gasteiger partial charge in [0.05, 0.1) is 13.5 Å². The van der Waals surface area contributed by atoms with E-state index in [4.69, 9.17) is 9.84 Å². The third-order valence-electron chi connectivity index (χ3n) is 3.09. The minimum Gasteiger partial charge on any atom is -0.496 e. The number of carbonyl (C=O) groups is 2. The lowest BCUT2D eigenvalue weighted by Crippen LogP contribution is -2.36. The smallest absolute Gasteiger partial charge is 0.305 e. The average molecular weight is 265 g/mol. The number of carboxylic acids is 1. The zero-order valence-corrected chi connectivity index (χ0v) is 11.6. The van der Waals surface area contributed by atoms with Crippen molar-refractivity contribution in [3.8, 4) is 5.75 Å². The molecule has 5 nitrogen and oxygen atoms in total. The van der Waals surface area contributed by atoms with Crippen LogP contribution in [-0.4, -0.2) is 42.1 Å². The highest BCUT2D eigenvalue weighted by Crippen LogP contribution is 2.20. The van der Waals surface area contributed by atoms with Crippen LogP contribution in [0, 0.1) is 6.92 Å². The van der Waals surface area contributed by atoms with Crippen LogP contribution in [-0.2, 0) is 4.79 Å². The number of ether oxygens (including phenoxy) is 1. The van der Waals surface area contributed by atoms with Gasteiger partial charge in [-0.05, 0) is 37.6 Å².